The quantitative estimate of drug-likeness (QED) is 0.724. The van der Waals surface area contributed by atoms with Crippen LogP contribution in [0.2, 0.25) is 0 Å². The lowest BCUT2D eigenvalue weighted by molar-refractivity contribution is -0.110. The van der Waals surface area contributed by atoms with Gasteiger partial charge >= 0.3 is 0 Å². The molecule has 1 aromatic carbocycles. The van der Waals surface area contributed by atoms with Gasteiger partial charge in [0.1, 0.15) is 5.82 Å². The maximum Gasteiger partial charge on any atom is 0.256 e. The Kier molecular flexibility index (Phi) is 2.08. The average Bonchev–Trinajstić information content (AvgIpc) is 2.90. The fourth-order valence-electron chi connectivity index (χ4n) is 1.89. The number of amides is 1. The first-order chi connectivity index (χ1) is 8.24. The van der Waals surface area contributed by atoms with Crippen molar-refractivity contribution in [3.8, 4) is 0 Å². The number of fused-ring (bicyclic) bond motifs is 1. The highest BCUT2D eigenvalue weighted by Gasteiger charge is 2.24. The maximum atomic E-state index is 13.2. The number of halogens is 1. The van der Waals surface area contributed by atoms with Crippen molar-refractivity contribution in [2.45, 2.75) is 0 Å². The lowest BCUT2D eigenvalue weighted by Gasteiger charge is -1.97. The number of nitrogens with one attached hydrogen (secondary N) is 2. The zero-order valence-corrected chi connectivity index (χ0v) is 8.83. The number of carbonyl (C=O) groups excluding carboxylic acids is 1. The van der Waals surface area contributed by atoms with Crippen LogP contribution in [0, 0.1) is 5.82 Å². The number of H-pyrrole nitrogens is 1. The molecule has 0 bridgehead atoms. The first-order valence-electron chi connectivity index (χ1n) is 5.20. The molecule has 0 radical (unpaired) electrons. The smallest absolute Gasteiger partial charge is 0.256 e. The van der Waals surface area contributed by atoms with E-state index in [2.05, 4.69) is 10.3 Å². The van der Waals surface area contributed by atoms with E-state index in [0.29, 0.717) is 16.8 Å². The van der Waals surface area contributed by atoms with Crippen LogP contribution in [0.1, 0.15) is 11.3 Å². The molecule has 2 aromatic rings. The van der Waals surface area contributed by atoms with E-state index in [1.807, 2.05) is 12.1 Å². The maximum absolute atomic E-state index is 13.2. The summed E-state index contributed by atoms with van der Waals surface area (Å²) >= 11 is 0. The number of rotatable bonds is 1. The first kappa shape index (κ1) is 9.84. The Hall–Kier alpha value is -2.36. The van der Waals surface area contributed by atoms with Gasteiger partial charge in [-0.2, -0.15) is 0 Å². The third-order valence-corrected chi connectivity index (χ3v) is 2.69. The van der Waals surface area contributed by atoms with Gasteiger partial charge in [-0.25, -0.2) is 4.39 Å². The van der Waals surface area contributed by atoms with Crippen LogP contribution in [0.4, 0.5) is 10.1 Å². The summed E-state index contributed by atoms with van der Waals surface area (Å²) in [6.45, 7) is 0. The third-order valence-electron chi connectivity index (χ3n) is 2.69. The molecular formula is C13H9FN2O. The third kappa shape index (κ3) is 1.63. The van der Waals surface area contributed by atoms with E-state index < -0.39 is 0 Å². The normalized spacial score (nSPS) is 16.1. The molecule has 0 spiro atoms. The standard InChI is InChI=1S/C13H9FN2O/c14-8-3-4-12-10(6-8)11(13(17)16-12)7-9-2-1-5-15-9/h1-7,15H,(H,16,17)/b11-7-. The van der Waals surface area contributed by atoms with Crippen molar-refractivity contribution in [3.05, 3.63) is 53.6 Å². The minimum atomic E-state index is -0.349. The second kappa shape index (κ2) is 3.59. The second-order valence-electron chi connectivity index (χ2n) is 3.83. The molecule has 4 heteroatoms. The predicted octanol–water partition coefficient (Wildman–Crippen LogP) is 2.65. The van der Waals surface area contributed by atoms with Crippen LogP contribution in [0.5, 0.6) is 0 Å². The highest BCUT2D eigenvalue weighted by Crippen LogP contribution is 2.33. The Morgan fingerprint density at radius 2 is 2.12 bits per heavy atom. The Bertz CT molecular complexity index is 614. The molecule has 2 N–H and O–H groups in total. The van der Waals surface area contributed by atoms with Crippen molar-refractivity contribution in [2.75, 3.05) is 5.32 Å². The van der Waals surface area contributed by atoms with Gasteiger partial charge in [0.2, 0.25) is 0 Å². The molecule has 84 valence electrons. The van der Waals surface area contributed by atoms with Gasteiger partial charge in [-0.1, -0.05) is 0 Å². The van der Waals surface area contributed by atoms with Gasteiger partial charge in [0.05, 0.1) is 5.57 Å². The predicted molar refractivity (Wildman–Crippen MR) is 63.7 cm³/mol. The molecule has 1 aliphatic heterocycles. The monoisotopic (exact) mass is 228 g/mol. The second-order valence-corrected chi connectivity index (χ2v) is 3.83. The summed E-state index contributed by atoms with van der Waals surface area (Å²) in [5.41, 5.74) is 2.54. The van der Waals surface area contributed by atoms with Crippen molar-refractivity contribution in [3.63, 3.8) is 0 Å². The zero-order chi connectivity index (χ0) is 11.8. The van der Waals surface area contributed by atoms with E-state index in [1.165, 1.54) is 12.1 Å². The van der Waals surface area contributed by atoms with Gasteiger partial charge in [0.25, 0.3) is 5.91 Å². The molecule has 0 unspecified atom stereocenters. The van der Waals surface area contributed by atoms with E-state index >= 15 is 0 Å². The summed E-state index contributed by atoms with van der Waals surface area (Å²) in [5.74, 6) is -0.558. The number of anilines is 1. The van der Waals surface area contributed by atoms with Gasteiger partial charge in [0.15, 0.2) is 0 Å². The average molecular weight is 228 g/mol. The topological polar surface area (TPSA) is 44.9 Å². The van der Waals surface area contributed by atoms with Gasteiger partial charge in [-0.05, 0) is 36.4 Å². The number of benzene rings is 1. The fraction of sp³-hybridized carbons (Fsp3) is 0. The first-order valence-corrected chi connectivity index (χ1v) is 5.20. The Balaban J connectivity index is 2.13. The molecule has 0 atom stereocenters. The molecule has 0 aliphatic carbocycles. The summed E-state index contributed by atoms with van der Waals surface area (Å²) in [6.07, 6.45) is 3.48. The molecule has 1 aromatic heterocycles. The van der Waals surface area contributed by atoms with Crippen LogP contribution in [0.3, 0.4) is 0 Å². The summed E-state index contributed by atoms with van der Waals surface area (Å²) in [7, 11) is 0. The molecule has 3 rings (SSSR count). The largest absolute Gasteiger partial charge is 0.362 e. The van der Waals surface area contributed by atoms with E-state index in [4.69, 9.17) is 0 Å². The van der Waals surface area contributed by atoms with Gasteiger partial charge in [0, 0.05) is 23.1 Å². The molecule has 2 heterocycles. The SMILES string of the molecule is O=C1Nc2ccc(F)cc2/C1=C/c1ccc[nH]1. The number of hydrogen-bond acceptors (Lipinski definition) is 1. The van der Waals surface area contributed by atoms with Crippen LogP contribution in [-0.2, 0) is 4.79 Å². The molecule has 1 aliphatic rings. The van der Waals surface area contributed by atoms with Crippen LogP contribution < -0.4 is 5.32 Å². The summed E-state index contributed by atoms with van der Waals surface area (Å²) in [4.78, 5) is 14.7. The zero-order valence-electron chi connectivity index (χ0n) is 8.83. The highest BCUT2D eigenvalue weighted by molar-refractivity contribution is 6.34. The molecule has 0 saturated heterocycles. The molecule has 0 saturated carbocycles. The highest BCUT2D eigenvalue weighted by atomic mass is 19.1. The molecule has 0 fully saturated rings. The van der Waals surface area contributed by atoms with Crippen LogP contribution >= 0.6 is 0 Å². The number of carbonyl (C=O) groups is 1. The van der Waals surface area contributed by atoms with E-state index in [1.54, 1.807) is 18.3 Å². The lowest BCUT2D eigenvalue weighted by atomic mass is 10.1. The Morgan fingerprint density at radius 1 is 1.24 bits per heavy atom. The van der Waals surface area contributed by atoms with Crippen LogP contribution in [0.15, 0.2) is 36.5 Å². The van der Waals surface area contributed by atoms with E-state index in [-0.39, 0.29) is 11.7 Å². The summed E-state index contributed by atoms with van der Waals surface area (Å²) < 4.78 is 13.2. The van der Waals surface area contributed by atoms with Crippen molar-refractivity contribution in [2.24, 2.45) is 0 Å². The number of hydrogen-bond donors (Lipinski definition) is 2. The Labute approximate surface area is 97.0 Å². The molecular weight excluding hydrogens is 219 g/mol. The van der Waals surface area contributed by atoms with Crippen molar-refractivity contribution < 1.29 is 9.18 Å². The van der Waals surface area contributed by atoms with Crippen molar-refractivity contribution in [1.82, 2.24) is 4.98 Å². The molecule has 1 amide bonds. The van der Waals surface area contributed by atoms with E-state index in [0.717, 1.165) is 5.69 Å². The number of aromatic amines is 1. The summed E-state index contributed by atoms with van der Waals surface area (Å²) in [6, 6.07) is 7.94. The van der Waals surface area contributed by atoms with E-state index in [9.17, 15) is 9.18 Å². The van der Waals surface area contributed by atoms with Gasteiger partial charge < -0.3 is 10.3 Å². The lowest BCUT2D eigenvalue weighted by Crippen LogP contribution is -2.03. The van der Waals surface area contributed by atoms with Gasteiger partial charge in [-0.15, -0.1) is 0 Å². The minimum Gasteiger partial charge on any atom is -0.362 e. The van der Waals surface area contributed by atoms with Crippen molar-refractivity contribution in [1.29, 1.82) is 0 Å². The van der Waals surface area contributed by atoms with Crippen molar-refractivity contribution >= 4 is 23.2 Å². The fourth-order valence-corrected chi connectivity index (χ4v) is 1.89. The van der Waals surface area contributed by atoms with Crippen LogP contribution in [-0.4, -0.2) is 10.9 Å². The molecule has 17 heavy (non-hydrogen) atoms. The Morgan fingerprint density at radius 3 is 2.88 bits per heavy atom. The molecule has 3 nitrogen and oxygen atoms in total. The van der Waals surface area contributed by atoms with Crippen LogP contribution in [0.25, 0.3) is 11.6 Å². The summed E-state index contributed by atoms with van der Waals surface area (Å²) in [5, 5.41) is 2.70. The number of aromatic nitrogens is 1. The van der Waals surface area contributed by atoms with Gasteiger partial charge in [-0.3, -0.25) is 4.79 Å². The minimum absolute atomic E-state index is 0.208.